The van der Waals surface area contributed by atoms with Crippen LogP contribution >= 0.6 is 0 Å². The Kier molecular flexibility index (Phi) is 6.52. The van der Waals surface area contributed by atoms with Gasteiger partial charge in [0.15, 0.2) is 0 Å². The minimum absolute atomic E-state index is 1.25. The van der Waals surface area contributed by atoms with Crippen LogP contribution in [0.2, 0.25) is 0 Å². The molecule has 0 rings (SSSR count). The van der Waals surface area contributed by atoms with Crippen LogP contribution in [0.4, 0.5) is 0 Å². The van der Waals surface area contributed by atoms with Gasteiger partial charge < -0.3 is 0 Å². The lowest BCUT2D eigenvalue weighted by Crippen LogP contribution is -1.62. The Hall–Kier alpha value is -0.260. The van der Waals surface area contributed by atoms with E-state index in [4.69, 9.17) is 0 Å². The molecule has 0 aromatic heterocycles. The summed E-state index contributed by atoms with van der Waals surface area (Å²) >= 11 is 0. The third kappa shape index (κ3) is 5.74. The molecule has 0 unspecified atom stereocenters. The van der Waals surface area contributed by atoms with E-state index in [2.05, 4.69) is 26.0 Å². The van der Waals surface area contributed by atoms with Gasteiger partial charge in [0.2, 0.25) is 0 Å². The molecule has 0 aromatic rings. The van der Waals surface area contributed by atoms with Crippen LogP contribution in [0.15, 0.2) is 12.2 Å². The number of hydrogen-bond acceptors (Lipinski definition) is 0. The van der Waals surface area contributed by atoms with E-state index in [1.807, 2.05) is 0 Å². The fourth-order valence-electron chi connectivity index (χ4n) is 0.569. The minimum atomic E-state index is 1.25. The summed E-state index contributed by atoms with van der Waals surface area (Å²) in [4.78, 5) is 0. The molecule has 8 heavy (non-hydrogen) atoms. The Balaban J connectivity index is 2.83. The Morgan fingerprint density at radius 2 is 1.25 bits per heavy atom. The van der Waals surface area contributed by atoms with Gasteiger partial charge in [-0.25, -0.2) is 0 Å². The van der Waals surface area contributed by atoms with Crippen LogP contribution < -0.4 is 0 Å². The van der Waals surface area contributed by atoms with Crippen LogP contribution in [0, 0.1) is 0 Å². The van der Waals surface area contributed by atoms with E-state index >= 15 is 0 Å². The fourth-order valence-corrected chi connectivity index (χ4v) is 0.569. The van der Waals surface area contributed by atoms with Gasteiger partial charge in [0.1, 0.15) is 0 Å². The Morgan fingerprint density at radius 1 is 0.875 bits per heavy atom. The molecule has 0 N–H and O–H groups in total. The van der Waals surface area contributed by atoms with Crippen LogP contribution in [0.5, 0.6) is 0 Å². The zero-order chi connectivity index (χ0) is 6.24. The molecule has 0 fully saturated rings. The van der Waals surface area contributed by atoms with Gasteiger partial charge in [-0.1, -0.05) is 38.8 Å². The van der Waals surface area contributed by atoms with E-state index in [1.54, 1.807) is 0 Å². The Morgan fingerprint density at radius 3 is 1.50 bits per heavy atom. The number of rotatable bonds is 4. The van der Waals surface area contributed by atoms with Crippen molar-refractivity contribution < 1.29 is 0 Å². The first kappa shape index (κ1) is 7.74. The minimum Gasteiger partial charge on any atom is -0.0885 e. The maximum Gasteiger partial charge on any atom is -0.0353 e. The molecule has 0 nitrogen and oxygen atoms in total. The smallest absolute Gasteiger partial charge is 0.0353 e. The normalized spacial score (nSPS) is 10.8. The standard InChI is InChI=1S/C8H16/c1-3-5-7-8-6-4-2/h7-8H,3-6H2,1-2H3/b8-7-. The molecule has 0 bridgehead atoms. The molecule has 0 heteroatoms. The predicted molar refractivity (Wildman–Crippen MR) is 39.0 cm³/mol. The summed E-state index contributed by atoms with van der Waals surface area (Å²) in [6.07, 6.45) is 9.59. The van der Waals surface area contributed by atoms with E-state index in [9.17, 15) is 0 Å². The second kappa shape index (κ2) is 6.74. The first-order chi connectivity index (χ1) is 3.91. The summed E-state index contributed by atoms with van der Waals surface area (Å²) in [6.45, 7) is 4.41. The molecule has 0 spiro atoms. The Bertz CT molecular complexity index is 45.1. The molecule has 0 radical (unpaired) electrons. The van der Waals surface area contributed by atoms with Gasteiger partial charge in [-0.05, 0) is 12.8 Å². The van der Waals surface area contributed by atoms with Crippen LogP contribution in [0.1, 0.15) is 39.5 Å². The molecular weight excluding hydrogens is 96.1 g/mol. The van der Waals surface area contributed by atoms with Gasteiger partial charge in [-0.2, -0.15) is 0 Å². The molecule has 0 amide bonds. The van der Waals surface area contributed by atoms with E-state index in [-0.39, 0.29) is 0 Å². The zero-order valence-corrected chi connectivity index (χ0v) is 5.98. The lowest BCUT2D eigenvalue weighted by Gasteiger charge is -1.83. The van der Waals surface area contributed by atoms with Crippen molar-refractivity contribution in [2.75, 3.05) is 0 Å². The van der Waals surface area contributed by atoms with Gasteiger partial charge >= 0.3 is 0 Å². The molecule has 0 aliphatic carbocycles. The molecule has 0 saturated heterocycles. The summed E-state index contributed by atoms with van der Waals surface area (Å²) in [5.74, 6) is 0. The second-order valence-electron chi connectivity index (χ2n) is 2.05. The molecular formula is C8H16. The quantitative estimate of drug-likeness (QED) is 0.490. The highest BCUT2D eigenvalue weighted by molar-refractivity contribution is 4.79. The summed E-state index contributed by atoms with van der Waals surface area (Å²) in [7, 11) is 0. The molecule has 0 saturated carbocycles. The lowest BCUT2D eigenvalue weighted by molar-refractivity contribution is 0.921. The molecule has 48 valence electrons. The van der Waals surface area contributed by atoms with Gasteiger partial charge in [-0.15, -0.1) is 0 Å². The van der Waals surface area contributed by atoms with E-state index in [1.165, 1.54) is 25.7 Å². The molecule has 0 aromatic carbocycles. The van der Waals surface area contributed by atoms with Crippen LogP contribution in [-0.4, -0.2) is 0 Å². The number of hydrogen-bond donors (Lipinski definition) is 0. The maximum atomic E-state index is 2.27. The number of allylic oxidation sites excluding steroid dienone is 2. The molecule has 0 aliphatic rings. The average Bonchev–Trinajstić information content (AvgIpc) is 1.81. The fraction of sp³-hybridized carbons (Fsp3) is 0.750. The largest absolute Gasteiger partial charge is 0.0885 e. The van der Waals surface area contributed by atoms with Gasteiger partial charge in [0.05, 0.1) is 0 Å². The van der Waals surface area contributed by atoms with Crippen molar-refractivity contribution >= 4 is 0 Å². The summed E-state index contributed by atoms with van der Waals surface area (Å²) in [5.41, 5.74) is 0. The second-order valence-corrected chi connectivity index (χ2v) is 2.05. The monoisotopic (exact) mass is 112 g/mol. The Labute approximate surface area is 52.6 Å². The van der Waals surface area contributed by atoms with Crippen molar-refractivity contribution in [3.63, 3.8) is 0 Å². The highest BCUT2D eigenvalue weighted by Crippen LogP contribution is 1.92. The van der Waals surface area contributed by atoms with Crippen molar-refractivity contribution in [1.29, 1.82) is 0 Å². The SMILES string of the molecule is CCC/C=C\CCC. The van der Waals surface area contributed by atoms with Crippen molar-refractivity contribution in [3.05, 3.63) is 12.2 Å². The van der Waals surface area contributed by atoms with Crippen molar-refractivity contribution in [2.24, 2.45) is 0 Å². The van der Waals surface area contributed by atoms with Crippen molar-refractivity contribution in [1.82, 2.24) is 0 Å². The zero-order valence-electron chi connectivity index (χ0n) is 5.98. The van der Waals surface area contributed by atoms with Crippen molar-refractivity contribution in [3.8, 4) is 0 Å². The first-order valence-electron chi connectivity index (χ1n) is 3.56. The van der Waals surface area contributed by atoms with E-state index in [0.29, 0.717) is 0 Å². The average molecular weight is 112 g/mol. The number of unbranched alkanes of at least 4 members (excludes halogenated alkanes) is 2. The highest BCUT2D eigenvalue weighted by Gasteiger charge is 1.72. The molecule has 0 atom stereocenters. The lowest BCUT2D eigenvalue weighted by atomic mass is 10.2. The van der Waals surface area contributed by atoms with Crippen LogP contribution in [-0.2, 0) is 0 Å². The predicted octanol–water partition coefficient (Wildman–Crippen LogP) is 3.14. The summed E-state index contributed by atoms with van der Waals surface area (Å²) in [5, 5.41) is 0. The van der Waals surface area contributed by atoms with E-state index in [0.717, 1.165) is 0 Å². The molecule has 0 aliphatic heterocycles. The van der Waals surface area contributed by atoms with Gasteiger partial charge in [-0.3, -0.25) is 0 Å². The van der Waals surface area contributed by atoms with Gasteiger partial charge in [0, 0.05) is 0 Å². The van der Waals surface area contributed by atoms with Gasteiger partial charge in [0.25, 0.3) is 0 Å². The van der Waals surface area contributed by atoms with Crippen molar-refractivity contribution in [2.45, 2.75) is 39.5 Å². The third-order valence-electron chi connectivity index (χ3n) is 1.08. The first-order valence-corrected chi connectivity index (χ1v) is 3.56. The topological polar surface area (TPSA) is 0 Å². The third-order valence-corrected chi connectivity index (χ3v) is 1.08. The van der Waals surface area contributed by atoms with Crippen LogP contribution in [0.25, 0.3) is 0 Å². The highest BCUT2D eigenvalue weighted by atomic mass is 13.8. The summed E-state index contributed by atoms with van der Waals surface area (Å²) in [6, 6.07) is 0. The van der Waals surface area contributed by atoms with E-state index < -0.39 is 0 Å². The maximum absolute atomic E-state index is 2.27. The summed E-state index contributed by atoms with van der Waals surface area (Å²) < 4.78 is 0. The molecule has 0 heterocycles. The van der Waals surface area contributed by atoms with Crippen LogP contribution in [0.3, 0.4) is 0 Å².